The van der Waals surface area contributed by atoms with Gasteiger partial charge >= 0.3 is 0 Å². The van der Waals surface area contributed by atoms with E-state index in [0.29, 0.717) is 41.0 Å². The van der Waals surface area contributed by atoms with E-state index in [1.165, 1.54) is 31.0 Å². The number of anilines is 3. The zero-order valence-electron chi connectivity index (χ0n) is 16.9. The third-order valence-corrected chi connectivity index (χ3v) is 5.90. The zero-order valence-corrected chi connectivity index (χ0v) is 17.7. The second kappa shape index (κ2) is 10.3. The van der Waals surface area contributed by atoms with Crippen LogP contribution >= 0.6 is 11.8 Å². The van der Waals surface area contributed by atoms with E-state index in [9.17, 15) is 4.79 Å². The molecule has 1 aliphatic rings. The van der Waals surface area contributed by atoms with Crippen molar-refractivity contribution < 1.29 is 9.53 Å². The predicted octanol–water partition coefficient (Wildman–Crippen LogP) is 3.13. The smallest absolute Gasteiger partial charge is 0.232 e. The number of nitrogens with zero attached hydrogens (tertiary/aromatic N) is 3. The molecule has 156 valence electrons. The molecule has 1 heterocycles. The summed E-state index contributed by atoms with van der Waals surface area (Å²) in [4.78, 5) is 25.0. The van der Waals surface area contributed by atoms with Crippen LogP contribution in [0.2, 0.25) is 0 Å². The largest absolute Gasteiger partial charge is 0.495 e. The van der Waals surface area contributed by atoms with Crippen LogP contribution in [0.3, 0.4) is 0 Å². The van der Waals surface area contributed by atoms with Gasteiger partial charge in [0.25, 0.3) is 0 Å². The van der Waals surface area contributed by atoms with Gasteiger partial charge in [-0.25, -0.2) is 0 Å². The van der Waals surface area contributed by atoms with Crippen molar-refractivity contribution in [3.05, 3.63) is 30.1 Å². The van der Waals surface area contributed by atoms with Crippen LogP contribution in [0.1, 0.15) is 38.4 Å². The summed E-state index contributed by atoms with van der Waals surface area (Å²) in [5, 5.41) is 6.27. The lowest BCUT2D eigenvalue weighted by atomic mass is 9.86. The van der Waals surface area contributed by atoms with E-state index < -0.39 is 0 Å². The minimum absolute atomic E-state index is 0.0585. The zero-order chi connectivity index (χ0) is 20.6. The highest BCUT2D eigenvalue weighted by molar-refractivity contribution is 7.99. The highest BCUT2D eigenvalue weighted by Gasteiger charge is 2.22. The first-order valence-corrected chi connectivity index (χ1v) is 11.0. The van der Waals surface area contributed by atoms with Gasteiger partial charge in [0.1, 0.15) is 11.6 Å². The topological polar surface area (TPSA) is 115 Å². The van der Waals surface area contributed by atoms with Crippen molar-refractivity contribution in [1.82, 2.24) is 20.3 Å². The summed E-state index contributed by atoms with van der Waals surface area (Å²) in [6, 6.07) is 7.77. The summed E-state index contributed by atoms with van der Waals surface area (Å²) in [7, 11) is 1.60. The number of carbonyl (C=O) groups is 1. The van der Waals surface area contributed by atoms with E-state index >= 15 is 0 Å². The number of methoxy groups -OCH3 is 1. The molecule has 0 aliphatic heterocycles. The maximum Gasteiger partial charge on any atom is 0.232 e. The van der Waals surface area contributed by atoms with Crippen LogP contribution in [0.4, 0.5) is 17.6 Å². The number of rotatable bonds is 8. The van der Waals surface area contributed by atoms with Gasteiger partial charge in [-0.3, -0.25) is 4.79 Å². The second-order valence-corrected chi connectivity index (χ2v) is 8.17. The summed E-state index contributed by atoms with van der Waals surface area (Å²) in [6.45, 7) is 2.21. The van der Waals surface area contributed by atoms with Gasteiger partial charge in [-0.1, -0.05) is 31.9 Å². The Morgan fingerprint density at radius 1 is 1.24 bits per heavy atom. The summed E-state index contributed by atoms with van der Waals surface area (Å²) >= 11 is 1.46. The quantitative estimate of drug-likeness (QED) is 0.601. The minimum atomic E-state index is 0.0585. The number of nitrogens with two attached hydrogens (primary N) is 1. The Morgan fingerprint density at radius 3 is 2.83 bits per heavy atom. The van der Waals surface area contributed by atoms with Crippen molar-refractivity contribution in [1.29, 1.82) is 0 Å². The highest BCUT2D eigenvalue weighted by Crippen LogP contribution is 2.26. The van der Waals surface area contributed by atoms with Gasteiger partial charge in [0.15, 0.2) is 0 Å². The molecule has 0 radical (unpaired) electrons. The number of nitrogens with one attached hydrogen (secondary N) is 2. The highest BCUT2D eigenvalue weighted by atomic mass is 32.2. The Hall–Kier alpha value is -2.55. The standard InChI is InChI=1S/C20H28N6O2S/c1-13-7-3-4-8-14(13)22-18(27)12-29-11-17-24-19(21)26-20(25-17)23-15-9-5-6-10-16(15)28-2/h5-6,9-10,13-14H,3-4,7-8,11-12H2,1-2H3,(H,22,27)(H3,21,23,24,25,26). The SMILES string of the molecule is COc1ccccc1Nc1nc(N)nc(CSCC(=O)NC2CCCCC2C)n1. The van der Waals surface area contributed by atoms with Gasteiger partial charge in [-0.2, -0.15) is 15.0 Å². The average molecular weight is 417 g/mol. The number of nitrogen functional groups attached to an aromatic ring is 1. The summed E-state index contributed by atoms with van der Waals surface area (Å²) in [5.74, 6) is 3.12. The first kappa shape index (κ1) is 21.2. The number of thioether (sulfide) groups is 1. The maximum absolute atomic E-state index is 12.3. The first-order valence-electron chi connectivity index (χ1n) is 9.82. The molecule has 8 nitrogen and oxygen atoms in total. The van der Waals surface area contributed by atoms with Crippen molar-refractivity contribution in [2.75, 3.05) is 23.9 Å². The Morgan fingerprint density at radius 2 is 2.03 bits per heavy atom. The fourth-order valence-electron chi connectivity index (χ4n) is 3.44. The van der Waals surface area contributed by atoms with Gasteiger partial charge in [-0.05, 0) is 30.9 Å². The molecule has 1 amide bonds. The van der Waals surface area contributed by atoms with E-state index in [1.807, 2.05) is 24.3 Å². The van der Waals surface area contributed by atoms with Crippen LogP contribution in [0.5, 0.6) is 5.75 Å². The normalized spacial score (nSPS) is 18.8. The second-order valence-electron chi connectivity index (χ2n) is 7.19. The Kier molecular flexibility index (Phi) is 7.51. The number of para-hydroxylation sites is 2. The molecule has 1 aromatic heterocycles. The number of aromatic nitrogens is 3. The van der Waals surface area contributed by atoms with E-state index in [1.54, 1.807) is 7.11 Å². The lowest BCUT2D eigenvalue weighted by Crippen LogP contribution is -2.41. The number of benzene rings is 1. The minimum Gasteiger partial charge on any atom is -0.495 e. The molecule has 1 fully saturated rings. The van der Waals surface area contributed by atoms with Gasteiger partial charge in [-0.15, -0.1) is 11.8 Å². The van der Waals surface area contributed by atoms with Crippen LogP contribution in [-0.4, -0.2) is 39.8 Å². The molecule has 1 saturated carbocycles. The van der Waals surface area contributed by atoms with Crippen molar-refractivity contribution in [2.24, 2.45) is 5.92 Å². The molecular weight excluding hydrogens is 388 g/mol. The molecule has 4 N–H and O–H groups in total. The molecule has 2 unspecified atom stereocenters. The van der Waals surface area contributed by atoms with Crippen LogP contribution in [0.25, 0.3) is 0 Å². The Bertz CT molecular complexity index is 834. The number of carbonyl (C=O) groups excluding carboxylic acids is 1. The van der Waals surface area contributed by atoms with E-state index in [-0.39, 0.29) is 11.9 Å². The Labute approximate surface area is 175 Å². The fourth-order valence-corrected chi connectivity index (χ4v) is 4.12. The lowest BCUT2D eigenvalue weighted by molar-refractivity contribution is -0.119. The van der Waals surface area contributed by atoms with Gasteiger partial charge in [0.2, 0.25) is 17.8 Å². The van der Waals surface area contributed by atoms with Gasteiger partial charge in [0, 0.05) is 6.04 Å². The number of hydrogen-bond donors (Lipinski definition) is 3. The van der Waals surface area contributed by atoms with Crippen molar-refractivity contribution in [2.45, 2.75) is 44.4 Å². The predicted molar refractivity (Wildman–Crippen MR) is 116 cm³/mol. The molecule has 29 heavy (non-hydrogen) atoms. The average Bonchev–Trinajstić information content (AvgIpc) is 2.70. The van der Waals surface area contributed by atoms with E-state index in [4.69, 9.17) is 10.5 Å². The number of amides is 1. The molecule has 3 rings (SSSR count). The van der Waals surface area contributed by atoms with Crippen LogP contribution < -0.4 is 21.1 Å². The number of ether oxygens (including phenoxy) is 1. The van der Waals surface area contributed by atoms with E-state index in [0.717, 1.165) is 12.1 Å². The molecule has 2 aromatic rings. The van der Waals surface area contributed by atoms with Crippen LogP contribution in [-0.2, 0) is 10.5 Å². The number of hydrogen-bond acceptors (Lipinski definition) is 8. The molecule has 0 spiro atoms. The summed E-state index contributed by atoms with van der Waals surface area (Å²) in [5.41, 5.74) is 6.57. The monoisotopic (exact) mass is 416 g/mol. The molecule has 1 aromatic carbocycles. The maximum atomic E-state index is 12.3. The lowest BCUT2D eigenvalue weighted by Gasteiger charge is -2.29. The first-order chi connectivity index (χ1) is 14.0. The molecular formula is C20H28N6O2S. The summed E-state index contributed by atoms with van der Waals surface area (Å²) < 4.78 is 5.33. The van der Waals surface area contributed by atoms with Crippen molar-refractivity contribution in [3.63, 3.8) is 0 Å². The third kappa shape index (κ3) is 6.22. The van der Waals surface area contributed by atoms with Gasteiger partial charge in [0.05, 0.1) is 24.3 Å². The molecule has 0 bridgehead atoms. The van der Waals surface area contributed by atoms with Crippen LogP contribution in [0.15, 0.2) is 24.3 Å². The Balaban J connectivity index is 1.54. The van der Waals surface area contributed by atoms with Crippen molar-refractivity contribution >= 4 is 35.3 Å². The molecule has 9 heteroatoms. The fraction of sp³-hybridized carbons (Fsp3) is 0.500. The van der Waals surface area contributed by atoms with E-state index in [2.05, 4.69) is 32.5 Å². The van der Waals surface area contributed by atoms with Gasteiger partial charge < -0.3 is 21.1 Å². The molecule has 1 aliphatic carbocycles. The van der Waals surface area contributed by atoms with Crippen LogP contribution in [0, 0.1) is 5.92 Å². The third-order valence-electron chi connectivity index (χ3n) is 4.97. The summed E-state index contributed by atoms with van der Waals surface area (Å²) in [6.07, 6.45) is 4.70. The van der Waals surface area contributed by atoms with Crippen molar-refractivity contribution in [3.8, 4) is 5.75 Å². The molecule has 2 atom stereocenters. The molecule has 0 saturated heterocycles.